The van der Waals surface area contributed by atoms with Crippen molar-refractivity contribution in [3.8, 4) is 0 Å². The third kappa shape index (κ3) is 51.6. The molecular weight excluding hydrogens is 817 g/mol. The summed E-state index contributed by atoms with van der Waals surface area (Å²) in [5, 5.41) is 0. The van der Waals surface area contributed by atoms with Gasteiger partial charge in [0.2, 0.25) is 0 Å². The highest BCUT2D eigenvalue weighted by Crippen LogP contribution is 2.15. The first-order valence-corrected chi connectivity index (χ1v) is 27.6. The van der Waals surface area contributed by atoms with Crippen LogP contribution in [0, 0.1) is 0 Å². The van der Waals surface area contributed by atoms with E-state index in [4.69, 9.17) is 14.2 Å². The summed E-state index contributed by atoms with van der Waals surface area (Å²) in [5.41, 5.74) is 0. The van der Waals surface area contributed by atoms with Crippen molar-refractivity contribution < 1.29 is 28.6 Å². The minimum atomic E-state index is -0.774. The van der Waals surface area contributed by atoms with Crippen molar-refractivity contribution in [3.63, 3.8) is 0 Å². The van der Waals surface area contributed by atoms with Crippen molar-refractivity contribution in [2.45, 2.75) is 264 Å². The highest BCUT2D eigenvalue weighted by Gasteiger charge is 2.19. The average molecular weight is 919 g/mol. The van der Waals surface area contributed by atoms with Crippen LogP contribution in [0.15, 0.2) is 85.1 Å². The molecule has 0 heterocycles. The van der Waals surface area contributed by atoms with E-state index < -0.39 is 6.10 Å². The molecule has 0 radical (unpaired) electrons. The molecule has 0 amide bonds. The molecule has 0 saturated heterocycles. The van der Waals surface area contributed by atoms with Gasteiger partial charge in [0.15, 0.2) is 6.10 Å². The second kappa shape index (κ2) is 54.2. The molecular formula is C60H102O6. The Labute approximate surface area is 407 Å². The Morgan fingerprint density at radius 2 is 0.591 bits per heavy atom. The molecule has 6 nitrogen and oxygen atoms in total. The minimum Gasteiger partial charge on any atom is -0.462 e. The van der Waals surface area contributed by atoms with Crippen LogP contribution in [0.4, 0.5) is 0 Å². The van der Waals surface area contributed by atoms with Crippen molar-refractivity contribution >= 4 is 17.9 Å². The van der Waals surface area contributed by atoms with Crippen LogP contribution in [0.5, 0.6) is 0 Å². The van der Waals surface area contributed by atoms with Gasteiger partial charge in [0.1, 0.15) is 13.2 Å². The summed E-state index contributed by atoms with van der Waals surface area (Å²) < 4.78 is 16.7. The predicted octanol–water partition coefficient (Wildman–Crippen LogP) is 18.4. The molecule has 0 aliphatic heterocycles. The summed E-state index contributed by atoms with van der Waals surface area (Å²) in [7, 11) is 0. The summed E-state index contributed by atoms with van der Waals surface area (Å²) >= 11 is 0. The lowest BCUT2D eigenvalue weighted by molar-refractivity contribution is -0.167. The van der Waals surface area contributed by atoms with Crippen LogP contribution in [0.25, 0.3) is 0 Å². The molecule has 1 atom stereocenters. The van der Waals surface area contributed by atoms with Gasteiger partial charge >= 0.3 is 17.9 Å². The number of carbonyl (C=O) groups is 3. The second-order valence-electron chi connectivity index (χ2n) is 18.1. The van der Waals surface area contributed by atoms with Gasteiger partial charge in [-0.25, -0.2) is 0 Å². The van der Waals surface area contributed by atoms with E-state index in [0.717, 1.165) is 116 Å². The Balaban J connectivity index is 4.10. The van der Waals surface area contributed by atoms with Crippen LogP contribution in [0.2, 0.25) is 0 Å². The Kier molecular flexibility index (Phi) is 51.4. The average Bonchev–Trinajstić information content (AvgIpc) is 3.31. The summed E-state index contributed by atoms with van der Waals surface area (Å²) in [6, 6.07) is 0. The summed E-state index contributed by atoms with van der Waals surface area (Å²) in [5.74, 6) is -0.900. The highest BCUT2D eigenvalue weighted by molar-refractivity contribution is 5.71. The number of allylic oxidation sites excluding steroid dienone is 14. The first-order valence-electron chi connectivity index (χ1n) is 27.6. The fourth-order valence-corrected chi connectivity index (χ4v) is 7.54. The fraction of sp³-hybridized carbons (Fsp3) is 0.717. The van der Waals surface area contributed by atoms with E-state index in [-0.39, 0.29) is 31.1 Å². The molecule has 0 N–H and O–H groups in total. The van der Waals surface area contributed by atoms with E-state index in [1.54, 1.807) is 0 Å². The van der Waals surface area contributed by atoms with Crippen LogP contribution in [-0.4, -0.2) is 37.2 Å². The van der Waals surface area contributed by atoms with Crippen LogP contribution >= 0.6 is 0 Å². The van der Waals surface area contributed by atoms with Gasteiger partial charge < -0.3 is 14.2 Å². The lowest BCUT2D eigenvalue weighted by atomic mass is 10.0. The van der Waals surface area contributed by atoms with Crippen molar-refractivity contribution in [1.29, 1.82) is 0 Å². The number of unbranched alkanes of at least 4 members (excludes halogenated alkanes) is 24. The molecule has 0 aromatic carbocycles. The van der Waals surface area contributed by atoms with Crippen molar-refractivity contribution in [2.24, 2.45) is 0 Å². The van der Waals surface area contributed by atoms with Gasteiger partial charge in [-0.2, -0.15) is 0 Å². The van der Waals surface area contributed by atoms with Gasteiger partial charge in [-0.05, 0) is 77.0 Å². The Morgan fingerprint density at radius 1 is 0.318 bits per heavy atom. The standard InChI is InChI=1S/C60H102O6/c1-4-7-10-13-15-17-19-21-23-24-25-26-27-28-29-30-31-32-33-34-35-36-37-39-40-42-44-47-50-53-59(62)65-56-57(55-64-58(61)52-49-46-12-9-6-3)66-60(63)54-51-48-45-43-41-38-22-20-18-16-14-11-8-5-2/h7,10,15,17,21,23,25-26,28-29,31-32,34-35,57H,4-6,8-9,11-14,16,18-20,22,24,27,30,33,36-56H2,1-3H3/b10-7-,17-15-,23-21-,26-25-,29-28-,32-31-,35-34-. The molecule has 0 spiro atoms. The predicted molar refractivity (Wildman–Crippen MR) is 284 cm³/mol. The molecule has 0 bridgehead atoms. The zero-order valence-corrected chi connectivity index (χ0v) is 43.2. The van der Waals surface area contributed by atoms with E-state index in [0.29, 0.717) is 19.3 Å². The van der Waals surface area contributed by atoms with Crippen LogP contribution < -0.4 is 0 Å². The fourth-order valence-electron chi connectivity index (χ4n) is 7.54. The van der Waals surface area contributed by atoms with E-state index in [2.05, 4.69) is 106 Å². The van der Waals surface area contributed by atoms with Gasteiger partial charge in [-0.15, -0.1) is 0 Å². The number of hydrogen-bond donors (Lipinski definition) is 0. The SMILES string of the molecule is CC/C=C\C/C=C\C/C=C\C/C=C\C/C=C\C/C=C\C/C=C\CCCCCCCCCC(=O)OCC(COC(=O)CCCCCCC)OC(=O)CCCCCCCCCCCCCCCC. The van der Waals surface area contributed by atoms with Crippen molar-refractivity contribution in [2.75, 3.05) is 13.2 Å². The zero-order chi connectivity index (χ0) is 47.9. The summed E-state index contributed by atoms with van der Waals surface area (Å²) in [6.45, 7) is 6.44. The van der Waals surface area contributed by atoms with Crippen molar-refractivity contribution in [1.82, 2.24) is 0 Å². The quantitative estimate of drug-likeness (QED) is 0.0262. The van der Waals surface area contributed by atoms with Crippen LogP contribution in [0.1, 0.15) is 258 Å². The maximum Gasteiger partial charge on any atom is 0.306 e. The number of carbonyl (C=O) groups excluding carboxylic acids is 3. The Hall–Kier alpha value is -3.41. The zero-order valence-electron chi connectivity index (χ0n) is 43.2. The Bertz CT molecular complexity index is 1290. The lowest BCUT2D eigenvalue weighted by Gasteiger charge is -2.18. The molecule has 378 valence electrons. The molecule has 0 saturated carbocycles. The molecule has 1 unspecified atom stereocenters. The van der Waals surface area contributed by atoms with Gasteiger partial charge in [0.25, 0.3) is 0 Å². The molecule has 0 aliphatic rings. The minimum absolute atomic E-state index is 0.0786. The molecule has 0 aromatic heterocycles. The molecule has 66 heavy (non-hydrogen) atoms. The summed E-state index contributed by atoms with van der Waals surface area (Å²) in [4.78, 5) is 37.7. The van der Waals surface area contributed by atoms with E-state index in [9.17, 15) is 14.4 Å². The van der Waals surface area contributed by atoms with E-state index in [1.807, 2.05) is 0 Å². The first-order chi connectivity index (χ1) is 32.5. The topological polar surface area (TPSA) is 78.9 Å². The number of rotatable bonds is 49. The maximum absolute atomic E-state index is 12.7. The molecule has 0 aromatic rings. The van der Waals surface area contributed by atoms with Crippen LogP contribution in [-0.2, 0) is 28.6 Å². The Morgan fingerprint density at radius 3 is 0.924 bits per heavy atom. The van der Waals surface area contributed by atoms with Crippen LogP contribution in [0.3, 0.4) is 0 Å². The number of hydrogen-bond acceptors (Lipinski definition) is 6. The third-order valence-electron chi connectivity index (χ3n) is 11.7. The number of esters is 3. The molecule has 0 aliphatic carbocycles. The van der Waals surface area contributed by atoms with E-state index >= 15 is 0 Å². The van der Waals surface area contributed by atoms with Crippen molar-refractivity contribution in [3.05, 3.63) is 85.1 Å². The normalized spacial score (nSPS) is 12.7. The monoisotopic (exact) mass is 919 g/mol. The highest BCUT2D eigenvalue weighted by atomic mass is 16.6. The third-order valence-corrected chi connectivity index (χ3v) is 11.7. The number of ether oxygens (including phenoxy) is 3. The van der Waals surface area contributed by atoms with Gasteiger partial charge in [0, 0.05) is 19.3 Å². The summed E-state index contributed by atoms with van der Waals surface area (Å²) in [6.07, 6.45) is 70.4. The second-order valence-corrected chi connectivity index (χ2v) is 18.1. The smallest absolute Gasteiger partial charge is 0.306 e. The largest absolute Gasteiger partial charge is 0.462 e. The molecule has 0 fully saturated rings. The maximum atomic E-state index is 12.7. The molecule has 0 rings (SSSR count). The lowest BCUT2D eigenvalue weighted by Crippen LogP contribution is -2.30. The van der Waals surface area contributed by atoms with Gasteiger partial charge in [-0.1, -0.05) is 247 Å². The van der Waals surface area contributed by atoms with E-state index in [1.165, 1.54) is 103 Å². The van der Waals surface area contributed by atoms with Gasteiger partial charge in [0.05, 0.1) is 0 Å². The first kappa shape index (κ1) is 62.6. The van der Waals surface area contributed by atoms with Gasteiger partial charge in [-0.3, -0.25) is 14.4 Å². The molecule has 6 heteroatoms.